The number of amides is 1. The molecule has 0 saturated carbocycles. The Morgan fingerprint density at radius 3 is 1.18 bits per heavy atom. The number of nitrogens with two attached hydrogens (primary N) is 2. The van der Waals surface area contributed by atoms with Gasteiger partial charge in [0.1, 0.15) is 54.6 Å². The highest BCUT2D eigenvalue weighted by Gasteiger charge is 2.58. The van der Waals surface area contributed by atoms with Gasteiger partial charge in [0.15, 0.2) is 34.7 Å². The molecule has 0 aromatic heterocycles. The summed E-state index contributed by atoms with van der Waals surface area (Å²) in [4.78, 5) is 48.3. The maximum Gasteiger partial charge on any atom is 0.305 e. The lowest BCUT2D eigenvalue weighted by Crippen LogP contribution is -2.46. The van der Waals surface area contributed by atoms with Gasteiger partial charge in [-0.05, 0) is 109 Å². The van der Waals surface area contributed by atoms with Gasteiger partial charge in [-0.25, -0.2) is 0 Å². The Bertz CT molecular complexity index is 1770. The minimum Gasteiger partial charge on any atom is -0.466 e. The van der Waals surface area contributed by atoms with Crippen molar-refractivity contribution in [1.29, 1.82) is 0 Å². The molecule has 6 rings (SSSR count). The lowest BCUT2D eigenvalue weighted by atomic mass is 10.0. The maximum atomic E-state index is 12.6. The van der Waals surface area contributed by atoms with Crippen LogP contribution in [0.25, 0.3) is 0 Å². The van der Waals surface area contributed by atoms with Crippen LogP contribution in [0, 0.1) is 0 Å². The Morgan fingerprint density at radius 2 is 0.808 bits per heavy atom. The Kier molecular flexibility index (Phi) is 28.2. The third-order valence-electron chi connectivity index (χ3n) is 14.2. The zero-order valence-corrected chi connectivity index (χ0v) is 49.7. The molecule has 0 bridgehead atoms. The van der Waals surface area contributed by atoms with Crippen molar-refractivity contribution >= 4 is 23.6 Å². The van der Waals surface area contributed by atoms with Gasteiger partial charge in [-0.2, -0.15) is 0 Å². The van der Waals surface area contributed by atoms with Crippen LogP contribution in [-0.4, -0.2) is 166 Å². The number of carbonyl (C=O) groups excluding carboxylic acids is 4. The van der Waals surface area contributed by atoms with Gasteiger partial charge in [-0.3, -0.25) is 14.4 Å². The first-order valence-corrected chi connectivity index (χ1v) is 29.3. The van der Waals surface area contributed by atoms with Crippen LogP contribution in [0.4, 0.5) is 0 Å². The van der Waals surface area contributed by atoms with E-state index >= 15 is 0 Å². The fourth-order valence-electron chi connectivity index (χ4n) is 10.4. The van der Waals surface area contributed by atoms with E-state index in [0.29, 0.717) is 52.2 Å². The fraction of sp³-hybridized carbons (Fsp3) is 0.930. The molecular formula is C57H103N3O18. The van der Waals surface area contributed by atoms with E-state index in [1.807, 2.05) is 55.4 Å². The molecule has 78 heavy (non-hydrogen) atoms. The van der Waals surface area contributed by atoms with Gasteiger partial charge < -0.3 is 87.9 Å². The van der Waals surface area contributed by atoms with Crippen molar-refractivity contribution in [3.8, 4) is 0 Å². The third-order valence-corrected chi connectivity index (χ3v) is 14.2. The summed E-state index contributed by atoms with van der Waals surface area (Å²) >= 11 is 0. The van der Waals surface area contributed by atoms with E-state index in [1.165, 1.54) is 38.5 Å². The summed E-state index contributed by atoms with van der Waals surface area (Å²) in [6, 6.07) is 0. The molecule has 21 nitrogen and oxygen atoms in total. The molecule has 1 unspecified atom stereocenters. The summed E-state index contributed by atoms with van der Waals surface area (Å²) in [6.45, 7) is 26.3. The van der Waals surface area contributed by atoms with Gasteiger partial charge in [-0.1, -0.05) is 51.9 Å². The van der Waals surface area contributed by atoms with Gasteiger partial charge in [0.2, 0.25) is 5.91 Å². The highest BCUT2D eigenvalue weighted by Crippen LogP contribution is 2.44. The Balaban J connectivity index is 0.000000296. The second-order valence-electron chi connectivity index (χ2n) is 23.0. The molecule has 6 fully saturated rings. The summed E-state index contributed by atoms with van der Waals surface area (Å²) < 4.78 is 83.7. The molecule has 454 valence electrons. The van der Waals surface area contributed by atoms with Crippen LogP contribution >= 0.6 is 0 Å². The summed E-state index contributed by atoms with van der Waals surface area (Å²) in [5, 5.41) is 3.02. The second-order valence-corrected chi connectivity index (χ2v) is 23.0. The minimum atomic E-state index is -1.13. The zero-order valence-electron chi connectivity index (χ0n) is 49.7. The average molecular weight is 1120 g/mol. The van der Waals surface area contributed by atoms with Crippen molar-refractivity contribution in [2.75, 3.05) is 59.3 Å². The van der Waals surface area contributed by atoms with E-state index in [1.54, 1.807) is 20.8 Å². The standard InChI is InChI=1S/C28H49NO8.C23H38O10.C6H16N2/c1-7-8-9-10-11-12-17-29-23(31)14-16-28(15-13-20(2)30)33-19-22(35-28)25-24(36-27(5,6)37-25)21-18-32-26(3,4)34-21;1-7-26-17(24)9-11-23(12-10-18(25)27-8-2)29-14-16(31-23)20-19(32-22(5,6)33-20)15-13-28-21(3,4)30-15;7-5-3-1-2-4-6-8/h21-22,24-25H,7-19H2,1-6H3,(H,29,31);15-16,19-20H,7-14H2,1-6H3;1-8H2/t21-,22+,24+,25+,28?;15-,16+,19+,20+;/m00./s1. The number of unbranched alkanes of at least 4 members (excludes halogenated alkanes) is 8. The molecular weight excluding hydrogens is 1010 g/mol. The third kappa shape index (κ3) is 23.0. The monoisotopic (exact) mass is 1120 g/mol. The normalized spacial score (nSPS) is 30.0. The first-order chi connectivity index (χ1) is 36.8. The Morgan fingerprint density at radius 1 is 0.449 bits per heavy atom. The van der Waals surface area contributed by atoms with Crippen molar-refractivity contribution in [2.24, 2.45) is 11.5 Å². The number of ketones is 1. The van der Waals surface area contributed by atoms with Crippen LogP contribution in [0.2, 0.25) is 0 Å². The number of nitrogens with one attached hydrogen (secondary N) is 1. The average Bonchev–Trinajstić information content (AvgIpc) is 4.28. The minimum absolute atomic E-state index is 0.0235. The van der Waals surface area contributed by atoms with Crippen LogP contribution in [-0.2, 0) is 85.5 Å². The van der Waals surface area contributed by atoms with E-state index in [9.17, 15) is 19.2 Å². The molecule has 0 aromatic carbocycles. The number of Topliss-reactive ketones (excluding diaryl/α,β-unsaturated/α-hetero) is 1. The summed E-state index contributed by atoms with van der Waals surface area (Å²) in [7, 11) is 0. The number of hydrogen-bond donors (Lipinski definition) is 3. The molecule has 9 atom stereocenters. The molecule has 0 aliphatic carbocycles. The number of carbonyl (C=O) groups is 4. The summed E-state index contributed by atoms with van der Waals surface area (Å²) in [6.07, 6.45) is 10.7. The van der Waals surface area contributed by atoms with Gasteiger partial charge in [-0.15, -0.1) is 0 Å². The van der Waals surface area contributed by atoms with Crippen molar-refractivity contribution in [1.82, 2.24) is 5.32 Å². The van der Waals surface area contributed by atoms with Crippen LogP contribution in [0.3, 0.4) is 0 Å². The summed E-state index contributed by atoms with van der Waals surface area (Å²) in [5.74, 6) is -5.84. The molecule has 6 aliphatic rings. The van der Waals surface area contributed by atoms with Crippen molar-refractivity contribution in [3.05, 3.63) is 0 Å². The molecule has 0 radical (unpaired) electrons. The van der Waals surface area contributed by atoms with Crippen LogP contribution in [0.1, 0.15) is 199 Å². The van der Waals surface area contributed by atoms with E-state index in [4.69, 9.17) is 77.8 Å². The molecule has 6 saturated heterocycles. The van der Waals surface area contributed by atoms with Gasteiger partial charge in [0.25, 0.3) is 0 Å². The van der Waals surface area contributed by atoms with Gasteiger partial charge >= 0.3 is 11.9 Å². The predicted molar refractivity (Wildman–Crippen MR) is 288 cm³/mol. The second kappa shape index (κ2) is 32.4. The maximum absolute atomic E-state index is 12.6. The molecule has 6 heterocycles. The largest absolute Gasteiger partial charge is 0.466 e. The Labute approximate surface area is 466 Å². The van der Waals surface area contributed by atoms with E-state index in [0.717, 1.165) is 38.8 Å². The van der Waals surface area contributed by atoms with Crippen LogP contribution in [0.5, 0.6) is 0 Å². The van der Waals surface area contributed by atoms with E-state index in [-0.39, 0.29) is 81.2 Å². The van der Waals surface area contributed by atoms with Crippen LogP contribution < -0.4 is 16.8 Å². The topological polar surface area (TPSA) is 262 Å². The summed E-state index contributed by atoms with van der Waals surface area (Å²) in [5.41, 5.74) is 10.6. The van der Waals surface area contributed by atoms with Crippen LogP contribution in [0.15, 0.2) is 0 Å². The molecule has 6 aliphatic heterocycles. The quantitative estimate of drug-likeness (QED) is 0.0470. The number of hydrogen-bond acceptors (Lipinski definition) is 20. The van der Waals surface area contributed by atoms with E-state index in [2.05, 4.69) is 12.2 Å². The van der Waals surface area contributed by atoms with Crippen molar-refractivity contribution in [3.63, 3.8) is 0 Å². The van der Waals surface area contributed by atoms with Gasteiger partial charge in [0.05, 0.1) is 52.5 Å². The predicted octanol–water partition coefficient (Wildman–Crippen LogP) is 7.32. The number of ether oxygens (including phenoxy) is 14. The first-order valence-electron chi connectivity index (χ1n) is 29.3. The smallest absolute Gasteiger partial charge is 0.305 e. The lowest BCUT2D eigenvalue weighted by molar-refractivity contribution is -0.201. The number of esters is 2. The molecule has 0 aromatic rings. The first kappa shape index (κ1) is 68.0. The molecule has 21 heteroatoms. The van der Waals surface area contributed by atoms with Gasteiger partial charge in [0, 0.05) is 45.1 Å². The van der Waals surface area contributed by atoms with Crippen molar-refractivity contribution in [2.45, 2.75) is 282 Å². The Hall–Kier alpha value is -2.48. The lowest BCUT2D eigenvalue weighted by Gasteiger charge is -2.30. The molecule has 5 N–H and O–H groups in total. The highest BCUT2D eigenvalue weighted by atomic mass is 16.8. The molecule has 0 spiro atoms. The SMILES string of the molecule is CCCCCCCCNC(=O)CCC1(CCC(C)=O)OC[C@H]([C@H]2OC(C)(C)O[C@@H]2[C@@H]2COC(C)(C)O2)O1.CCOC(=O)CCC1(CCC(=O)OCC)OC[C@H]([C@H]2OC(C)(C)O[C@@H]2[C@@H]2COC(C)(C)O2)O1.NCCCCCCN. The zero-order chi connectivity index (χ0) is 57.6. The molecule has 1 amide bonds. The van der Waals surface area contributed by atoms with Crippen molar-refractivity contribution < 1.29 is 85.5 Å². The highest BCUT2D eigenvalue weighted by molar-refractivity contribution is 5.76. The fourth-order valence-corrected chi connectivity index (χ4v) is 10.4. The van der Waals surface area contributed by atoms with E-state index < -0.39 is 71.3 Å². The number of rotatable bonds is 30.